The molecule has 0 spiro atoms. The molecule has 1 atom stereocenters. The summed E-state index contributed by atoms with van der Waals surface area (Å²) < 4.78 is 41.2. The Morgan fingerprint density at radius 3 is 2.81 bits per heavy atom. The molecule has 0 aromatic carbocycles. The van der Waals surface area contributed by atoms with Crippen LogP contribution in [0.2, 0.25) is 0 Å². The van der Waals surface area contributed by atoms with E-state index in [-0.39, 0.29) is 17.4 Å². The average molecular weight is 368 g/mol. The van der Waals surface area contributed by atoms with E-state index in [4.69, 9.17) is 0 Å². The topological polar surface area (TPSA) is 60.1 Å². The molecule has 0 saturated carbocycles. The first kappa shape index (κ1) is 18.2. The van der Waals surface area contributed by atoms with Crippen LogP contribution in [0, 0.1) is 5.92 Å². The lowest BCUT2D eigenvalue weighted by Crippen LogP contribution is -2.36. The summed E-state index contributed by atoms with van der Waals surface area (Å²) in [7, 11) is 3.23. The van der Waals surface area contributed by atoms with Gasteiger partial charge in [-0.3, -0.25) is 9.59 Å². The highest BCUT2D eigenvalue weighted by Crippen LogP contribution is 2.30. The Labute approximate surface area is 147 Å². The number of imidazole rings is 1. The lowest BCUT2D eigenvalue weighted by Gasteiger charge is -2.28. The van der Waals surface area contributed by atoms with Crippen LogP contribution in [0.4, 0.5) is 13.2 Å². The van der Waals surface area contributed by atoms with Crippen LogP contribution in [-0.2, 0) is 26.2 Å². The Balaban J connectivity index is 1.68. The van der Waals surface area contributed by atoms with E-state index < -0.39 is 11.9 Å². The molecule has 3 rings (SSSR count). The van der Waals surface area contributed by atoms with E-state index in [0.29, 0.717) is 37.3 Å². The second-order valence-electron chi connectivity index (χ2n) is 6.65. The summed E-state index contributed by atoms with van der Waals surface area (Å²) in [4.78, 5) is 29.3. The number of nitrogens with zero attached hydrogens (tertiary/aromatic N) is 4. The molecule has 26 heavy (non-hydrogen) atoms. The smallest absolute Gasteiger partial charge is 0.341 e. The van der Waals surface area contributed by atoms with Gasteiger partial charge in [-0.15, -0.1) is 0 Å². The molecule has 0 N–H and O–H groups in total. The minimum Gasteiger partial charge on any atom is -0.341 e. The lowest BCUT2D eigenvalue weighted by atomic mass is 9.98. The van der Waals surface area contributed by atoms with Gasteiger partial charge >= 0.3 is 6.18 Å². The highest BCUT2D eigenvalue weighted by atomic mass is 19.4. The van der Waals surface area contributed by atoms with Gasteiger partial charge < -0.3 is 14.0 Å². The van der Waals surface area contributed by atoms with Crippen LogP contribution in [0.15, 0.2) is 29.3 Å². The number of halogens is 3. The molecular formula is C17H19F3N4O2. The van der Waals surface area contributed by atoms with Crippen molar-refractivity contribution < 1.29 is 18.0 Å². The number of alkyl halides is 3. The van der Waals surface area contributed by atoms with Crippen LogP contribution in [0.25, 0.3) is 0 Å². The maximum absolute atomic E-state index is 12.8. The minimum atomic E-state index is -4.45. The lowest BCUT2D eigenvalue weighted by molar-refractivity contribution is -0.141. The first-order valence-corrected chi connectivity index (χ1v) is 8.20. The highest BCUT2D eigenvalue weighted by Gasteiger charge is 2.36. The summed E-state index contributed by atoms with van der Waals surface area (Å²) in [5, 5.41) is 0. The van der Waals surface area contributed by atoms with Gasteiger partial charge in [0.05, 0.1) is 0 Å². The second-order valence-corrected chi connectivity index (χ2v) is 6.65. The predicted molar refractivity (Wildman–Crippen MR) is 87.7 cm³/mol. The molecule has 0 unspecified atom stereocenters. The number of fused-ring (bicyclic) bond motifs is 1. The van der Waals surface area contributed by atoms with Crippen LogP contribution in [-0.4, -0.2) is 38.5 Å². The fraction of sp³-hybridized carbons (Fsp3) is 0.471. The summed E-state index contributed by atoms with van der Waals surface area (Å²) in [6.07, 6.45) is -0.798. The SMILES string of the molecule is CN(C[C@@H]1CCc2nc(C(F)(F)F)cn2C1)C(=O)c1ccn(C)c(=O)c1. The Hall–Kier alpha value is -2.58. The summed E-state index contributed by atoms with van der Waals surface area (Å²) >= 11 is 0. The van der Waals surface area contributed by atoms with Crippen molar-refractivity contribution in [3.8, 4) is 0 Å². The molecule has 140 valence electrons. The largest absolute Gasteiger partial charge is 0.434 e. The van der Waals surface area contributed by atoms with E-state index in [9.17, 15) is 22.8 Å². The molecule has 1 aliphatic heterocycles. The number of carbonyl (C=O) groups excluding carboxylic acids is 1. The highest BCUT2D eigenvalue weighted by molar-refractivity contribution is 5.93. The zero-order valence-corrected chi connectivity index (χ0v) is 14.5. The molecule has 0 bridgehead atoms. The fourth-order valence-corrected chi connectivity index (χ4v) is 3.17. The maximum atomic E-state index is 12.8. The second kappa shape index (κ2) is 6.62. The first-order chi connectivity index (χ1) is 12.1. The molecule has 0 fully saturated rings. The van der Waals surface area contributed by atoms with E-state index in [1.54, 1.807) is 20.2 Å². The number of hydrogen-bond acceptors (Lipinski definition) is 3. The van der Waals surface area contributed by atoms with Gasteiger partial charge in [-0.2, -0.15) is 13.2 Å². The van der Waals surface area contributed by atoms with E-state index in [1.165, 1.54) is 26.3 Å². The summed E-state index contributed by atoms with van der Waals surface area (Å²) in [6, 6.07) is 2.86. The average Bonchev–Trinajstić information content (AvgIpc) is 3.00. The number of aromatic nitrogens is 3. The molecule has 1 amide bonds. The molecule has 2 aromatic rings. The van der Waals surface area contributed by atoms with Crippen molar-refractivity contribution in [2.24, 2.45) is 13.0 Å². The molecule has 1 aliphatic rings. The Bertz CT molecular complexity index is 885. The predicted octanol–water partition coefficient (Wildman–Crippen LogP) is 1.94. The number of hydrogen-bond donors (Lipinski definition) is 0. The van der Waals surface area contributed by atoms with E-state index in [0.717, 1.165) is 6.20 Å². The number of rotatable bonds is 3. The van der Waals surface area contributed by atoms with Crippen molar-refractivity contribution in [1.29, 1.82) is 0 Å². The van der Waals surface area contributed by atoms with Crippen LogP contribution >= 0.6 is 0 Å². The van der Waals surface area contributed by atoms with Crippen LogP contribution in [0.1, 0.15) is 28.3 Å². The molecule has 2 aromatic heterocycles. The van der Waals surface area contributed by atoms with Gasteiger partial charge in [0.15, 0.2) is 5.69 Å². The standard InChI is InChI=1S/C17H19F3N4O2/c1-22-6-5-12(7-15(22)25)16(26)23(2)8-11-3-4-14-21-13(17(18,19)20)10-24(14)9-11/h5-7,10-11H,3-4,8-9H2,1-2H3/t11-/m0/s1. The van der Waals surface area contributed by atoms with Gasteiger partial charge in [-0.05, 0) is 18.4 Å². The summed E-state index contributed by atoms with van der Waals surface area (Å²) in [5.41, 5.74) is -0.851. The summed E-state index contributed by atoms with van der Waals surface area (Å²) in [5.74, 6) is 0.169. The van der Waals surface area contributed by atoms with Crippen molar-refractivity contribution in [1.82, 2.24) is 19.0 Å². The third-order valence-corrected chi connectivity index (χ3v) is 4.61. The van der Waals surface area contributed by atoms with Crippen LogP contribution in [0.3, 0.4) is 0 Å². The fourth-order valence-electron chi connectivity index (χ4n) is 3.17. The van der Waals surface area contributed by atoms with Gasteiger partial charge in [0.1, 0.15) is 5.82 Å². The maximum Gasteiger partial charge on any atom is 0.434 e. The van der Waals surface area contributed by atoms with Crippen molar-refractivity contribution >= 4 is 5.91 Å². The van der Waals surface area contributed by atoms with E-state index in [2.05, 4.69) is 4.98 Å². The molecule has 3 heterocycles. The Morgan fingerprint density at radius 2 is 2.15 bits per heavy atom. The third-order valence-electron chi connectivity index (χ3n) is 4.61. The quantitative estimate of drug-likeness (QED) is 0.832. The summed E-state index contributed by atoms with van der Waals surface area (Å²) in [6.45, 7) is 0.777. The molecule has 0 aliphatic carbocycles. The number of amides is 1. The van der Waals surface area contributed by atoms with Gasteiger partial charge in [0.25, 0.3) is 11.5 Å². The van der Waals surface area contributed by atoms with Crippen molar-refractivity contribution in [3.63, 3.8) is 0 Å². The van der Waals surface area contributed by atoms with E-state index in [1.807, 2.05) is 0 Å². The van der Waals surface area contributed by atoms with Crippen LogP contribution < -0.4 is 5.56 Å². The monoisotopic (exact) mass is 368 g/mol. The van der Waals surface area contributed by atoms with Crippen LogP contribution in [0.5, 0.6) is 0 Å². The minimum absolute atomic E-state index is 0.0262. The Kier molecular flexibility index (Phi) is 4.64. The zero-order chi connectivity index (χ0) is 19.1. The van der Waals surface area contributed by atoms with E-state index >= 15 is 0 Å². The molecule has 0 radical (unpaired) electrons. The normalized spacial score (nSPS) is 17.0. The number of pyridine rings is 1. The third kappa shape index (κ3) is 3.66. The van der Waals surface area contributed by atoms with Gasteiger partial charge in [-0.1, -0.05) is 0 Å². The number of carbonyl (C=O) groups is 1. The van der Waals surface area contributed by atoms with Gasteiger partial charge in [0.2, 0.25) is 0 Å². The first-order valence-electron chi connectivity index (χ1n) is 8.20. The van der Waals surface area contributed by atoms with Gasteiger partial charge in [-0.25, -0.2) is 4.98 Å². The molecule has 9 heteroatoms. The van der Waals surface area contributed by atoms with Crippen molar-refractivity contribution in [2.45, 2.75) is 25.6 Å². The Morgan fingerprint density at radius 1 is 1.42 bits per heavy atom. The van der Waals surface area contributed by atoms with Crippen molar-refractivity contribution in [3.05, 3.63) is 52.0 Å². The number of aryl methyl sites for hydroxylation is 2. The molecule has 6 nitrogen and oxygen atoms in total. The molecule has 0 saturated heterocycles. The van der Waals surface area contributed by atoms with Gasteiger partial charge in [0, 0.05) is 57.6 Å². The van der Waals surface area contributed by atoms with Crippen molar-refractivity contribution in [2.75, 3.05) is 13.6 Å². The zero-order valence-electron chi connectivity index (χ0n) is 14.5. The molecular weight excluding hydrogens is 349 g/mol.